The first-order valence-electron chi connectivity index (χ1n) is 4.91. The molecule has 0 fully saturated rings. The highest BCUT2D eigenvalue weighted by Gasteiger charge is 2.17. The number of methoxy groups -OCH3 is 1. The van der Waals surface area contributed by atoms with Gasteiger partial charge in [0, 0.05) is 0 Å². The molecule has 2 N–H and O–H groups in total. The monoisotopic (exact) mass is 401 g/mol. The average molecular weight is 403 g/mol. The fourth-order valence-electron chi connectivity index (χ4n) is 1.47. The number of rotatable bonds is 5. The third-order valence-electron chi connectivity index (χ3n) is 2.35. The minimum absolute atomic E-state index is 0. The van der Waals surface area contributed by atoms with Crippen molar-refractivity contribution in [3.05, 3.63) is 26.6 Å². The van der Waals surface area contributed by atoms with Gasteiger partial charge < -0.3 is 15.2 Å². The van der Waals surface area contributed by atoms with Crippen LogP contribution in [0.25, 0.3) is 0 Å². The summed E-state index contributed by atoms with van der Waals surface area (Å²) in [5.74, 6) is -0.166. The molecule has 18 heavy (non-hydrogen) atoms. The number of hydrogen-bond donors (Lipinski definition) is 2. The zero-order valence-corrected chi connectivity index (χ0v) is 13.9. The van der Waals surface area contributed by atoms with Crippen LogP contribution < -0.4 is 10.1 Å². The lowest BCUT2D eigenvalue weighted by molar-refractivity contribution is -0.139. The van der Waals surface area contributed by atoms with Crippen LogP contribution in [-0.4, -0.2) is 31.3 Å². The number of carboxylic acids is 1. The Labute approximate surface area is 129 Å². The zero-order chi connectivity index (χ0) is 13.0. The molecule has 0 saturated heterocycles. The van der Waals surface area contributed by atoms with Gasteiger partial charge in [-0.15, -0.1) is 12.4 Å². The minimum atomic E-state index is -0.865. The van der Waals surface area contributed by atoms with Gasteiger partial charge in [-0.25, -0.2) is 0 Å². The molecule has 0 heterocycles. The number of hydrogen-bond acceptors (Lipinski definition) is 3. The molecule has 1 rings (SSSR count). The maximum atomic E-state index is 10.9. The number of aliphatic carboxylic acids is 1. The summed E-state index contributed by atoms with van der Waals surface area (Å²) in [6, 6.07) is 3.12. The van der Waals surface area contributed by atoms with Crippen LogP contribution in [0.1, 0.15) is 5.56 Å². The smallest absolute Gasteiger partial charge is 0.321 e. The van der Waals surface area contributed by atoms with Crippen molar-refractivity contribution in [2.75, 3.05) is 14.2 Å². The van der Waals surface area contributed by atoms with E-state index in [-0.39, 0.29) is 12.4 Å². The van der Waals surface area contributed by atoms with Crippen molar-refractivity contribution in [1.29, 1.82) is 0 Å². The van der Waals surface area contributed by atoms with Gasteiger partial charge in [-0.1, -0.05) is 0 Å². The second-order valence-corrected chi connectivity index (χ2v) is 5.19. The molecule has 0 aliphatic carbocycles. The van der Waals surface area contributed by atoms with Crippen molar-refractivity contribution < 1.29 is 14.6 Å². The number of nitrogens with one attached hydrogen (secondary N) is 1. The lowest BCUT2D eigenvalue weighted by atomic mass is 10.1. The molecule has 0 saturated carbocycles. The first-order valence-corrected chi connectivity index (χ1v) is 6.50. The van der Waals surface area contributed by atoms with E-state index in [9.17, 15) is 4.79 Å². The summed E-state index contributed by atoms with van der Waals surface area (Å²) in [7, 11) is 3.21. The van der Waals surface area contributed by atoms with E-state index in [0.29, 0.717) is 12.2 Å². The molecule has 0 bridgehead atoms. The summed E-state index contributed by atoms with van der Waals surface area (Å²) in [5, 5.41) is 11.7. The van der Waals surface area contributed by atoms with Gasteiger partial charge in [0.2, 0.25) is 0 Å². The van der Waals surface area contributed by atoms with Crippen molar-refractivity contribution in [3.63, 3.8) is 0 Å². The second kappa shape index (κ2) is 7.99. The molecule has 0 aliphatic rings. The molecule has 1 aromatic rings. The maximum Gasteiger partial charge on any atom is 0.321 e. The van der Waals surface area contributed by atoms with Crippen LogP contribution in [0.3, 0.4) is 0 Å². The zero-order valence-electron chi connectivity index (χ0n) is 9.87. The summed E-state index contributed by atoms with van der Waals surface area (Å²) < 4.78 is 6.78. The van der Waals surface area contributed by atoms with Crippen LogP contribution in [0, 0.1) is 0 Å². The number of likely N-dealkylation sites (N-methyl/N-ethyl adjacent to an activating group) is 1. The summed E-state index contributed by atoms with van der Waals surface area (Å²) in [5.41, 5.74) is 0.909. The van der Waals surface area contributed by atoms with Gasteiger partial charge in [-0.3, -0.25) is 4.79 Å². The van der Waals surface area contributed by atoms with Crippen LogP contribution in [0.2, 0.25) is 0 Å². The number of carboxylic acid groups (broad SMARTS) is 1. The summed E-state index contributed by atoms with van der Waals surface area (Å²) in [6.07, 6.45) is 0.410. The van der Waals surface area contributed by atoms with Crippen molar-refractivity contribution in [2.24, 2.45) is 0 Å². The molecular weight excluding hydrogens is 389 g/mol. The molecule has 4 nitrogen and oxygen atoms in total. The van der Waals surface area contributed by atoms with Gasteiger partial charge in [0.15, 0.2) is 0 Å². The van der Waals surface area contributed by atoms with E-state index in [1.54, 1.807) is 14.2 Å². The average Bonchev–Trinajstić information content (AvgIpc) is 2.25. The molecule has 0 radical (unpaired) electrons. The normalized spacial score (nSPS) is 11.6. The van der Waals surface area contributed by atoms with Crippen molar-refractivity contribution in [2.45, 2.75) is 12.5 Å². The highest BCUT2D eigenvalue weighted by atomic mass is 79.9. The lowest BCUT2D eigenvalue weighted by Crippen LogP contribution is -2.35. The molecule has 0 aliphatic heterocycles. The van der Waals surface area contributed by atoms with Gasteiger partial charge >= 0.3 is 5.97 Å². The third kappa shape index (κ3) is 4.42. The molecule has 1 atom stereocenters. The fourth-order valence-corrected chi connectivity index (χ4v) is 3.08. The number of halogens is 3. The van der Waals surface area contributed by atoms with Crippen molar-refractivity contribution in [3.8, 4) is 5.75 Å². The molecule has 1 aromatic carbocycles. The van der Waals surface area contributed by atoms with E-state index in [1.807, 2.05) is 12.1 Å². The van der Waals surface area contributed by atoms with Crippen LogP contribution in [-0.2, 0) is 11.2 Å². The first-order chi connectivity index (χ1) is 7.99. The molecule has 0 aromatic heterocycles. The van der Waals surface area contributed by atoms with E-state index in [0.717, 1.165) is 14.5 Å². The minimum Gasteiger partial charge on any atom is -0.494 e. The Morgan fingerprint density at radius 1 is 1.44 bits per heavy atom. The highest BCUT2D eigenvalue weighted by Crippen LogP contribution is 2.34. The summed E-state index contributed by atoms with van der Waals surface area (Å²) >= 11 is 6.77. The Bertz CT molecular complexity index is 406. The van der Waals surface area contributed by atoms with E-state index in [4.69, 9.17) is 9.84 Å². The molecule has 0 unspecified atom stereocenters. The van der Waals surface area contributed by atoms with Crippen molar-refractivity contribution >= 4 is 50.2 Å². The van der Waals surface area contributed by atoms with Crippen molar-refractivity contribution in [1.82, 2.24) is 5.32 Å². The van der Waals surface area contributed by atoms with Crippen LogP contribution in [0.5, 0.6) is 5.75 Å². The standard InChI is InChI=1S/C11H13Br2NO3.ClH/c1-14-9(11(15)16)5-6-3-7(12)10(17-2)8(13)4-6;/h3-4,9,14H,5H2,1-2H3,(H,15,16);1H/t9-;/m0./s1. The van der Waals surface area contributed by atoms with Crippen LogP contribution >= 0.6 is 44.3 Å². The van der Waals surface area contributed by atoms with E-state index in [1.165, 1.54) is 0 Å². The van der Waals surface area contributed by atoms with Gasteiger partial charge in [0.1, 0.15) is 11.8 Å². The van der Waals surface area contributed by atoms with E-state index >= 15 is 0 Å². The van der Waals surface area contributed by atoms with Gasteiger partial charge in [-0.05, 0) is 63.0 Å². The van der Waals surface area contributed by atoms with E-state index in [2.05, 4.69) is 37.2 Å². The summed E-state index contributed by atoms with van der Waals surface area (Å²) in [4.78, 5) is 10.9. The fraction of sp³-hybridized carbons (Fsp3) is 0.364. The Hall–Kier alpha value is -0.300. The second-order valence-electron chi connectivity index (χ2n) is 3.48. The van der Waals surface area contributed by atoms with Crippen LogP contribution in [0.15, 0.2) is 21.1 Å². The SMILES string of the molecule is CN[C@@H](Cc1cc(Br)c(OC)c(Br)c1)C(=O)O.Cl. The molecule has 7 heteroatoms. The Morgan fingerprint density at radius 2 is 1.94 bits per heavy atom. The summed E-state index contributed by atoms with van der Waals surface area (Å²) in [6.45, 7) is 0. The topological polar surface area (TPSA) is 58.6 Å². The Morgan fingerprint density at radius 3 is 2.28 bits per heavy atom. The van der Waals surface area contributed by atoms with Gasteiger partial charge in [0.05, 0.1) is 16.1 Å². The lowest BCUT2D eigenvalue weighted by Gasteiger charge is -2.13. The van der Waals surface area contributed by atoms with Gasteiger partial charge in [0.25, 0.3) is 0 Å². The number of carbonyl (C=O) groups is 1. The van der Waals surface area contributed by atoms with Gasteiger partial charge in [-0.2, -0.15) is 0 Å². The number of ether oxygens (including phenoxy) is 1. The maximum absolute atomic E-state index is 10.9. The molecule has 0 spiro atoms. The first kappa shape index (κ1) is 17.7. The molecular formula is C11H14Br2ClNO3. The third-order valence-corrected chi connectivity index (χ3v) is 3.53. The largest absolute Gasteiger partial charge is 0.494 e. The predicted octanol–water partition coefficient (Wildman–Crippen LogP) is 2.86. The van der Waals surface area contributed by atoms with E-state index < -0.39 is 12.0 Å². The highest BCUT2D eigenvalue weighted by molar-refractivity contribution is 9.11. The Balaban J connectivity index is 0.00000289. The Kier molecular flexibility index (Phi) is 7.86. The van der Waals surface area contributed by atoms with Crippen LogP contribution in [0.4, 0.5) is 0 Å². The molecule has 102 valence electrons. The predicted molar refractivity (Wildman–Crippen MR) is 79.8 cm³/mol. The quantitative estimate of drug-likeness (QED) is 0.794. The number of benzene rings is 1. The molecule has 0 amide bonds.